The molecule has 162 valence electrons. The number of ether oxygens (including phenoxy) is 1. The molecule has 0 saturated carbocycles. The number of aromatic nitrogens is 2. The minimum Gasteiger partial charge on any atom is -0.472 e. The van der Waals surface area contributed by atoms with Crippen LogP contribution in [0.5, 0.6) is 5.88 Å². The van der Waals surface area contributed by atoms with Crippen molar-refractivity contribution in [3.8, 4) is 22.7 Å². The number of anilines is 1. The van der Waals surface area contributed by atoms with Crippen LogP contribution in [-0.2, 0) is 11.4 Å². The minimum atomic E-state index is -1.21. The van der Waals surface area contributed by atoms with E-state index in [1.165, 1.54) is 7.11 Å². The summed E-state index contributed by atoms with van der Waals surface area (Å²) >= 11 is 5.95. The Morgan fingerprint density at radius 2 is 1.69 bits per heavy atom. The molecule has 0 aliphatic carbocycles. The number of carbonyl (C=O) groups is 1. The molecule has 4 rings (SSSR count). The number of benzene rings is 3. The molecule has 0 bridgehead atoms. The van der Waals surface area contributed by atoms with Gasteiger partial charge in [-0.05, 0) is 41.5 Å². The second-order valence-electron chi connectivity index (χ2n) is 6.80. The van der Waals surface area contributed by atoms with Crippen LogP contribution in [0.4, 0.5) is 10.5 Å². The molecule has 0 radical (unpaired) electrons. The quantitative estimate of drug-likeness (QED) is 0.360. The van der Waals surface area contributed by atoms with Crippen molar-refractivity contribution in [1.82, 2.24) is 9.78 Å². The summed E-state index contributed by atoms with van der Waals surface area (Å²) in [6.45, 7) is 0.252. The molecule has 1 heterocycles. The fourth-order valence-electron chi connectivity index (χ4n) is 3.34. The highest BCUT2D eigenvalue weighted by atomic mass is 35.5. The maximum Gasteiger partial charge on any atom is 0.436 e. The van der Waals surface area contributed by atoms with Gasteiger partial charge in [0, 0.05) is 22.8 Å². The molecule has 0 unspecified atom stereocenters. The highest BCUT2D eigenvalue weighted by Crippen LogP contribution is 2.33. The Morgan fingerprint density at radius 3 is 2.41 bits per heavy atom. The van der Waals surface area contributed by atoms with Crippen molar-refractivity contribution in [1.29, 1.82) is 0 Å². The van der Waals surface area contributed by atoms with Crippen LogP contribution >= 0.6 is 11.6 Å². The van der Waals surface area contributed by atoms with Gasteiger partial charge in [-0.15, -0.1) is 5.10 Å². The molecular formula is C24H20ClN3O4. The van der Waals surface area contributed by atoms with Crippen LogP contribution in [0.1, 0.15) is 5.56 Å². The van der Waals surface area contributed by atoms with Gasteiger partial charge in [0.2, 0.25) is 5.88 Å². The van der Waals surface area contributed by atoms with Crippen molar-refractivity contribution in [2.75, 3.05) is 12.2 Å². The first-order valence-corrected chi connectivity index (χ1v) is 10.1. The average molecular weight is 450 g/mol. The second kappa shape index (κ2) is 9.55. The number of hydrogen-bond donors (Lipinski definition) is 1. The third kappa shape index (κ3) is 4.59. The first-order chi connectivity index (χ1) is 15.6. The van der Waals surface area contributed by atoms with Crippen LogP contribution in [-0.4, -0.2) is 28.1 Å². The predicted octanol–water partition coefficient (Wildman–Crippen LogP) is 5.82. The molecule has 0 spiro atoms. The van der Waals surface area contributed by atoms with E-state index in [1.807, 2.05) is 54.7 Å². The van der Waals surface area contributed by atoms with Crippen LogP contribution in [0.25, 0.3) is 16.8 Å². The second-order valence-corrected chi connectivity index (χ2v) is 7.23. The fourth-order valence-corrected chi connectivity index (χ4v) is 3.47. The third-order valence-electron chi connectivity index (χ3n) is 4.82. The van der Waals surface area contributed by atoms with Gasteiger partial charge in [0.05, 0.1) is 18.5 Å². The number of hydroxylamine groups is 1. The Bertz CT molecular complexity index is 1220. The van der Waals surface area contributed by atoms with E-state index in [0.717, 1.165) is 21.9 Å². The Morgan fingerprint density at radius 1 is 1.00 bits per heavy atom. The Balaban J connectivity index is 1.59. The maximum absolute atomic E-state index is 11.6. The van der Waals surface area contributed by atoms with E-state index in [2.05, 4.69) is 5.10 Å². The molecule has 4 aromatic rings. The number of para-hydroxylation sites is 1. The van der Waals surface area contributed by atoms with Crippen molar-refractivity contribution >= 4 is 23.4 Å². The molecule has 0 atom stereocenters. The van der Waals surface area contributed by atoms with Crippen LogP contribution < -0.4 is 9.80 Å². The first-order valence-electron chi connectivity index (χ1n) is 9.75. The van der Waals surface area contributed by atoms with E-state index < -0.39 is 6.09 Å². The highest BCUT2D eigenvalue weighted by molar-refractivity contribution is 6.30. The number of rotatable bonds is 7. The SMILES string of the molecule is CON(C(=O)O)c1ccccc1-c1ccccc1COc1ccn(-c2ccc(Cl)cc2)n1. The van der Waals surface area contributed by atoms with E-state index in [9.17, 15) is 9.90 Å². The Hall–Kier alpha value is -3.81. The summed E-state index contributed by atoms with van der Waals surface area (Å²) in [4.78, 5) is 16.7. The lowest BCUT2D eigenvalue weighted by atomic mass is 9.98. The van der Waals surface area contributed by atoms with Gasteiger partial charge in [-0.2, -0.15) is 5.06 Å². The number of carboxylic acid groups (broad SMARTS) is 1. The molecule has 0 aliphatic heterocycles. The summed E-state index contributed by atoms with van der Waals surface area (Å²) in [5.41, 5.74) is 3.71. The normalized spacial score (nSPS) is 10.7. The molecule has 0 saturated heterocycles. The van der Waals surface area contributed by atoms with Crippen LogP contribution in [0.15, 0.2) is 85.1 Å². The van der Waals surface area contributed by atoms with E-state index in [-0.39, 0.29) is 6.61 Å². The lowest BCUT2D eigenvalue weighted by Gasteiger charge is -2.20. The zero-order valence-electron chi connectivity index (χ0n) is 17.2. The van der Waals surface area contributed by atoms with Gasteiger partial charge in [-0.3, -0.25) is 4.84 Å². The molecule has 3 aromatic carbocycles. The Labute approximate surface area is 190 Å². The molecule has 8 heteroatoms. The number of halogens is 1. The van der Waals surface area contributed by atoms with Crippen LogP contribution in [0.2, 0.25) is 5.02 Å². The van der Waals surface area contributed by atoms with Gasteiger partial charge < -0.3 is 9.84 Å². The minimum absolute atomic E-state index is 0.252. The molecule has 0 fully saturated rings. The average Bonchev–Trinajstić information content (AvgIpc) is 3.28. The van der Waals surface area contributed by atoms with E-state index in [4.69, 9.17) is 21.2 Å². The zero-order valence-corrected chi connectivity index (χ0v) is 17.9. The monoisotopic (exact) mass is 449 g/mol. The van der Waals surface area contributed by atoms with Gasteiger partial charge >= 0.3 is 6.09 Å². The molecule has 1 amide bonds. The lowest BCUT2D eigenvalue weighted by molar-refractivity contribution is 0.130. The molecule has 1 aromatic heterocycles. The van der Waals surface area contributed by atoms with Crippen LogP contribution in [0.3, 0.4) is 0 Å². The number of amides is 1. The molecule has 0 aliphatic rings. The van der Waals surface area contributed by atoms with Crippen molar-refractivity contribution in [3.05, 3.63) is 95.6 Å². The summed E-state index contributed by atoms with van der Waals surface area (Å²) in [7, 11) is 1.32. The third-order valence-corrected chi connectivity index (χ3v) is 5.07. The maximum atomic E-state index is 11.6. The van der Waals surface area contributed by atoms with E-state index in [1.54, 1.807) is 35.0 Å². The van der Waals surface area contributed by atoms with Crippen molar-refractivity contribution in [3.63, 3.8) is 0 Å². The molecule has 1 N–H and O–H groups in total. The Kier molecular flexibility index (Phi) is 6.39. The molecule has 32 heavy (non-hydrogen) atoms. The standard InChI is InChI=1S/C24H20ClN3O4/c1-31-28(24(29)30)22-9-5-4-8-21(22)20-7-3-2-6-17(20)16-32-23-14-15-27(26-23)19-12-10-18(25)11-13-19/h2-15H,16H2,1H3,(H,29,30). The first kappa shape index (κ1) is 21.4. The number of nitrogens with zero attached hydrogens (tertiary/aromatic N) is 3. The predicted molar refractivity (Wildman–Crippen MR) is 122 cm³/mol. The fraction of sp³-hybridized carbons (Fsp3) is 0.0833. The molecule has 7 nitrogen and oxygen atoms in total. The smallest absolute Gasteiger partial charge is 0.436 e. The molecular weight excluding hydrogens is 430 g/mol. The van der Waals surface area contributed by atoms with Gasteiger partial charge in [0.25, 0.3) is 0 Å². The number of hydrogen-bond acceptors (Lipinski definition) is 4. The largest absolute Gasteiger partial charge is 0.472 e. The summed E-state index contributed by atoms with van der Waals surface area (Å²) < 4.78 is 7.64. The zero-order chi connectivity index (χ0) is 22.5. The van der Waals surface area contributed by atoms with Crippen LogP contribution in [0, 0.1) is 0 Å². The van der Waals surface area contributed by atoms with Gasteiger partial charge in [-0.1, -0.05) is 54.1 Å². The van der Waals surface area contributed by atoms with E-state index >= 15 is 0 Å². The van der Waals surface area contributed by atoms with Crippen molar-refractivity contribution in [2.24, 2.45) is 0 Å². The van der Waals surface area contributed by atoms with Gasteiger partial charge in [0.15, 0.2) is 0 Å². The van der Waals surface area contributed by atoms with E-state index in [0.29, 0.717) is 22.2 Å². The van der Waals surface area contributed by atoms with Gasteiger partial charge in [0.1, 0.15) is 6.61 Å². The highest BCUT2D eigenvalue weighted by Gasteiger charge is 2.19. The summed E-state index contributed by atoms with van der Waals surface area (Å²) in [5.74, 6) is 0.465. The topological polar surface area (TPSA) is 76.8 Å². The summed E-state index contributed by atoms with van der Waals surface area (Å²) in [6.07, 6.45) is 0.602. The van der Waals surface area contributed by atoms with Gasteiger partial charge in [-0.25, -0.2) is 9.48 Å². The summed E-state index contributed by atoms with van der Waals surface area (Å²) in [6, 6.07) is 23.9. The van der Waals surface area contributed by atoms with Crippen molar-refractivity contribution in [2.45, 2.75) is 6.61 Å². The lowest BCUT2D eigenvalue weighted by Crippen LogP contribution is -2.28. The summed E-state index contributed by atoms with van der Waals surface area (Å²) in [5, 5.41) is 15.4. The van der Waals surface area contributed by atoms with Crippen molar-refractivity contribution < 1.29 is 19.5 Å².